The van der Waals surface area contributed by atoms with Gasteiger partial charge in [0.2, 0.25) is 0 Å². The molecule has 4 nitrogen and oxygen atoms in total. The Hall–Kier alpha value is -0.733. The third-order valence-corrected chi connectivity index (χ3v) is 1.87. The molecule has 84 valence electrons. The minimum Gasteiger partial charge on any atom is -1.00 e. The van der Waals surface area contributed by atoms with Crippen LogP contribution in [0, 0.1) is 5.82 Å². The topological polar surface area (TPSA) is 55.8 Å². The minimum atomic E-state index is -1.29. The van der Waals surface area contributed by atoms with Gasteiger partial charge in [0, 0.05) is 13.2 Å². The summed E-state index contributed by atoms with van der Waals surface area (Å²) in [6.07, 6.45) is 0. The van der Waals surface area contributed by atoms with Gasteiger partial charge in [-0.05, 0) is 6.07 Å². The molecule has 0 aromatic heterocycles. The molecule has 0 aliphatic carbocycles. The summed E-state index contributed by atoms with van der Waals surface area (Å²) < 4.78 is 22.5. The van der Waals surface area contributed by atoms with E-state index in [2.05, 4.69) is 4.74 Å². The molecule has 0 fully saturated rings. The summed E-state index contributed by atoms with van der Waals surface area (Å²) in [5.74, 6) is -2.13. The van der Waals surface area contributed by atoms with Crippen LogP contribution in [0.1, 0.15) is 11.8 Å². The van der Waals surface area contributed by atoms with Crippen LogP contribution < -0.4 is 23.6 Å². The fraction of sp³-hybridized carbons (Fsp3) is 0.222. The predicted molar refractivity (Wildman–Crippen MR) is 52.0 cm³/mol. The van der Waals surface area contributed by atoms with Crippen molar-refractivity contribution in [3.05, 3.63) is 28.5 Å². The van der Waals surface area contributed by atoms with E-state index in [1.54, 1.807) is 0 Å². The van der Waals surface area contributed by atoms with Crippen molar-refractivity contribution in [3.8, 4) is 5.75 Å². The van der Waals surface area contributed by atoms with Gasteiger partial charge in [-0.25, -0.2) is 9.18 Å². The van der Waals surface area contributed by atoms with Crippen molar-refractivity contribution in [2.45, 2.75) is 0 Å². The fourth-order valence-electron chi connectivity index (χ4n) is 0.938. The van der Waals surface area contributed by atoms with Crippen LogP contribution >= 0.6 is 11.6 Å². The Morgan fingerprint density at radius 1 is 1.62 bits per heavy atom. The van der Waals surface area contributed by atoms with Gasteiger partial charge < -0.3 is 16.0 Å². The third kappa shape index (κ3) is 3.69. The molecule has 1 N–H and O–H groups in total. The zero-order valence-electron chi connectivity index (χ0n) is 9.79. The van der Waals surface area contributed by atoms with Crippen molar-refractivity contribution >= 4 is 17.6 Å². The summed E-state index contributed by atoms with van der Waals surface area (Å²) in [6, 6.07) is 1.90. The molecule has 0 heterocycles. The number of methoxy groups -OCH3 is 1. The number of benzene rings is 1. The van der Waals surface area contributed by atoms with Gasteiger partial charge in [0.25, 0.3) is 0 Å². The molecule has 0 saturated heterocycles. The molecular weight excluding hydrogens is 233 g/mol. The van der Waals surface area contributed by atoms with E-state index in [0.717, 1.165) is 12.1 Å². The molecule has 0 spiro atoms. The molecule has 1 aromatic carbocycles. The van der Waals surface area contributed by atoms with Crippen molar-refractivity contribution in [1.82, 2.24) is 0 Å². The number of carbonyl (C=O) groups is 1. The number of halogens is 2. The number of ether oxygens (including phenoxy) is 2. The maximum atomic E-state index is 13.0. The van der Waals surface area contributed by atoms with E-state index in [9.17, 15) is 9.18 Å². The number of hydrogen-bond donors (Lipinski definition) is 1. The summed E-state index contributed by atoms with van der Waals surface area (Å²) in [6.45, 7) is -0.137. The van der Waals surface area contributed by atoms with Crippen LogP contribution in [0.15, 0.2) is 12.1 Å². The zero-order valence-corrected chi connectivity index (χ0v) is 9.55. The largest absolute Gasteiger partial charge is 1.00 e. The number of hydrogen-bond acceptors (Lipinski definition) is 3. The van der Waals surface area contributed by atoms with Crippen LogP contribution in [-0.2, 0) is 4.74 Å². The van der Waals surface area contributed by atoms with Crippen molar-refractivity contribution in [1.29, 1.82) is 0 Å². The van der Waals surface area contributed by atoms with E-state index in [0.29, 0.717) is 0 Å². The van der Waals surface area contributed by atoms with Crippen molar-refractivity contribution in [2.75, 3.05) is 13.9 Å². The second-order valence-electron chi connectivity index (χ2n) is 2.62. The van der Waals surface area contributed by atoms with Crippen LogP contribution in [0.5, 0.6) is 5.75 Å². The van der Waals surface area contributed by atoms with E-state index in [4.69, 9.17) is 21.4 Å². The number of aromatic carboxylic acids is 1. The summed E-state index contributed by atoms with van der Waals surface area (Å²) >= 11 is 5.48. The van der Waals surface area contributed by atoms with Crippen LogP contribution in [0.3, 0.4) is 0 Å². The summed E-state index contributed by atoms with van der Waals surface area (Å²) in [4.78, 5) is 10.7. The Balaban J connectivity index is 0. The molecule has 0 aliphatic heterocycles. The maximum Gasteiger partial charge on any atom is 1.00 e. The smallest absolute Gasteiger partial charge is 1.00 e. The van der Waals surface area contributed by atoms with E-state index in [-0.39, 0.29) is 43.4 Å². The Morgan fingerprint density at radius 2 is 2.25 bits per heavy atom. The average Bonchev–Trinajstić information content (AvgIpc) is 2.19. The Labute approximate surface area is 110 Å². The molecule has 16 heavy (non-hydrogen) atoms. The minimum absolute atomic E-state index is 0. The molecule has 0 radical (unpaired) electrons. The summed E-state index contributed by atoms with van der Waals surface area (Å²) in [7, 11) is 1.38. The first kappa shape index (κ1) is 15.3. The van der Waals surface area contributed by atoms with Crippen LogP contribution in [0.2, 0.25) is 5.02 Å². The second-order valence-corrected chi connectivity index (χ2v) is 3.03. The molecule has 0 unspecified atom stereocenters. The van der Waals surface area contributed by atoms with Gasteiger partial charge in [-0.2, -0.15) is 0 Å². The quantitative estimate of drug-likeness (QED) is 0.559. The van der Waals surface area contributed by atoms with Crippen LogP contribution in [0.4, 0.5) is 4.39 Å². The average molecular weight is 243 g/mol. The zero-order chi connectivity index (χ0) is 11.4. The molecular formula is C9H9ClFLiO4. The molecule has 0 atom stereocenters. The molecule has 1 aromatic rings. The number of carboxylic acid groups (broad SMARTS) is 1. The van der Waals surface area contributed by atoms with Crippen LogP contribution in [0.25, 0.3) is 0 Å². The molecule has 0 saturated carbocycles. The van der Waals surface area contributed by atoms with Gasteiger partial charge in [0.15, 0.2) is 6.79 Å². The molecule has 7 heteroatoms. The Bertz CT molecular complexity index is 392. The first-order valence-electron chi connectivity index (χ1n) is 3.90. The van der Waals surface area contributed by atoms with E-state index in [1.165, 1.54) is 7.11 Å². The number of carboxylic acids is 1. The Morgan fingerprint density at radius 3 is 2.75 bits per heavy atom. The van der Waals surface area contributed by atoms with Gasteiger partial charge in [0.05, 0.1) is 5.02 Å². The fourth-order valence-corrected chi connectivity index (χ4v) is 1.09. The van der Waals surface area contributed by atoms with Crippen molar-refractivity contribution in [3.63, 3.8) is 0 Å². The van der Waals surface area contributed by atoms with E-state index < -0.39 is 11.8 Å². The first-order valence-corrected chi connectivity index (χ1v) is 4.28. The predicted octanol–water partition coefficient (Wildman–Crippen LogP) is -0.724. The summed E-state index contributed by atoms with van der Waals surface area (Å²) in [5.41, 5.74) is -0.297. The first-order chi connectivity index (χ1) is 7.06. The van der Waals surface area contributed by atoms with Gasteiger partial charge in [-0.1, -0.05) is 11.6 Å². The van der Waals surface area contributed by atoms with E-state index >= 15 is 0 Å². The monoisotopic (exact) mass is 242 g/mol. The molecule has 0 aliphatic rings. The van der Waals surface area contributed by atoms with Gasteiger partial charge >= 0.3 is 24.8 Å². The van der Waals surface area contributed by atoms with Gasteiger partial charge in [-0.3, -0.25) is 0 Å². The SMILES string of the molecule is COCOc1cc(Cl)c(F)cc1C(=O)O.[H-].[Li+]. The third-order valence-electron chi connectivity index (χ3n) is 1.59. The normalized spacial score (nSPS) is 9.44. The molecule has 1 rings (SSSR count). The second kappa shape index (κ2) is 6.77. The standard InChI is InChI=1S/C9H8ClFO4.Li.H/c1-14-4-15-8-3-6(10)7(11)2-5(8)9(12)13;;/h2-3H,4H2,1H3,(H,12,13);;/q;+1;-1. The Kier molecular flexibility index (Phi) is 6.46. The van der Waals surface area contributed by atoms with Gasteiger partial charge in [0.1, 0.15) is 17.1 Å². The summed E-state index contributed by atoms with van der Waals surface area (Å²) in [5, 5.41) is 8.55. The maximum absolute atomic E-state index is 13.0. The van der Waals surface area contributed by atoms with Crippen molar-refractivity contribution in [2.24, 2.45) is 0 Å². The van der Waals surface area contributed by atoms with Crippen molar-refractivity contribution < 1.29 is 44.1 Å². The number of rotatable bonds is 4. The molecule has 0 amide bonds. The van der Waals surface area contributed by atoms with Gasteiger partial charge in [-0.15, -0.1) is 0 Å². The van der Waals surface area contributed by atoms with E-state index in [1.807, 2.05) is 0 Å². The molecule has 0 bridgehead atoms. The van der Waals surface area contributed by atoms with Crippen LogP contribution in [-0.4, -0.2) is 25.0 Å².